The lowest BCUT2D eigenvalue weighted by molar-refractivity contribution is 0.0977. The largest absolute Gasteiger partial charge is 0.497 e. The van der Waals surface area contributed by atoms with E-state index in [0.717, 1.165) is 22.6 Å². The van der Waals surface area contributed by atoms with Crippen LogP contribution in [0.4, 0.5) is 5.13 Å². The number of aromatic nitrogens is 1. The van der Waals surface area contributed by atoms with Crippen LogP contribution in [0.2, 0.25) is 0 Å². The normalized spacial score (nSPS) is 10.2. The van der Waals surface area contributed by atoms with E-state index in [0.29, 0.717) is 10.7 Å². The minimum atomic E-state index is -0.243. The third-order valence-corrected chi connectivity index (χ3v) is 4.69. The average molecular weight is 383 g/mol. The highest BCUT2D eigenvalue weighted by Crippen LogP contribution is 2.26. The molecule has 1 amide bonds. The van der Waals surface area contributed by atoms with Crippen molar-refractivity contribution in [3.8, 4) is 17.0 Å². The highest BCUT2D eigenvalue weighted by Gasteiger charge is 2.11. The lowest BCUT2D eigenvalue weighted by Gasteiger charge is -2.08. The van der Waals surface area contributed by atoms with Crippen LogP contribution in [0.5, 0.6) is 5.75 Å². The van der Waals surface area contributed by atoms with Crippen LogP contribution in [0.15, 0.2) is 53.9 Å². The van der Waals surface area contributed by atoms with Crippen LogP contribution < -0.4 is 15.4 Å². The Morgan fingerprint density at radius 3 is 2.58 bits per heavy atom. The van der Waals surface area contributed by atoms with Crippen LogP contribution in [0.3, 0.4) is 0 Å². The fourth-order valence-electron chi connectivity index (χ4n) is 2.35. The molecule has 5 nitrogen and oxygen atoms in total. The summed E-state index contributed by atoms with van der Waals surface area (Å²) < 4.78 is 5.16. The van der Waals surface area contributed by atoms with Crippen molar-refractivity contribution in [1.29, 1.82) is 0 Å². The van der Waals surface area contributed by atoms with Crippen LogP contribution >= 0.6 is 23.6 Å². The molecule has 0 unspecified atom stereocenters. The molecule has 0 saturated carbocycles. The Bertz CT molecular complexity index is 936. The van der Waals surface area contributed by atoms with Gasteiger partial charge in [-0.25, -0.2) is 4.98 Å². The summed E-state index contributed by atoms with van der Waals surface area (Å²) in [7, 11) is 1.63. The number of nitrogens with one attached hydrogen (secondary N) is 2. The van der Waals surface area contributed by atoms with Crippen molar-refractivity contribution in [2.45, 2.75) is 6.92 Å². The first-order chi connectivity index (χ1) is 12.6. The topological polar surface area (TPSA) is 63.2 Å². The van der Waals surface area contributed by atoms with E-state index in [1.807, 2.05) is 54.8 Å². The summed E-state index contributed by atoms with van der Waals surface area (Å²) in [6, 6.07) is 15.0. The van der Waals surface area contributed by atoms with E-state index >= 15 is 0 Å². The number of amides is 1. The Kier molecular flexibility index (Phi) is 5.60. The molecular formula is C19H17N3O2S2. The molecule has 26 heavy (non-hydrogen) atoms. The van der Waals surface area contributed by atoms with Crippen LogP contribution in [-0.4, -0.2) is 23.1 Å². The summed E-state index contributed by atoms with van der Waals surface area (Å²) >= 11 is 6.64. The van der Waals surface area contributed by atoms with Crippen molar-refractivity contribution in [2.75, 3.05) is 12.4 Å². The number of hydrogen-bond acceptors (Lipinski definition) is 5. The molecule has 132 valence electrons. The second-order valence-corrected chi connectivity index (χ2v) is 6.76. The molecule has 1 aromatic heterocycles. The van der Waals surface area contributed by atoms with Gasteiger partial charge in [-0.15, -0.1) is 11.3 Å². The number of nitrogens with zero attached hydrogens (tertiary/aromatic N) is 1. The van der Waals surface area contributed by atoms with Gasteiger partial charge in [0.25, 0.3) is 5.91 Å². The summed E-state index contributed by atoms with van der Waals surface area (Å²) in [5, 5.41) is 8.40. The van der Waals surface area contributed by atoms with Crippen molar-refractivity contribution in [1.82, 2.24) is 10.3 Å². The molecule has 0 aliphatic carbocycles. The van der Waals surface area contributed by atoms with Crippen molar-refractivity contribution in [3.63, 3.8) is 0 Å². The Balaban J connectivity index is 1.64. The van der Waals surface area contributed by atoms with Crippen LogP contribution in [-0.2, 0) is 0 Å². The van der Waals surface area contributed by atoms with Gasteiger partial charge in [0.15, 0.2) is 10.2 Å². The van der Waals surface area contributed by atoms with Gasteiger partial charge in [0.1, 0.15) is 5.75 Å². The van der Waals surface area contributed by atoms with Gasteiger partial charge < -0.3 is 10.1 Å². The molecule has 0 spiro atoms. The number of thiazole rings is 1. The van der Waals surface area contributed by atoms with Crippen molar-refractivity contribution < 1.29 is 9.53 Å². The zero-order valence-corrected chi connectivity index (χ0v) is 15.9. The number of hydrogen-bond donors (Lipinski definition) is 2. The fourth-order valence-corrected chi connectivity index (χ4v) is 3.33. The highest BCUT2D eigenvalue weighted by molar-refractivity contribution is 7.80. The van der Waals surface area contributed by atoms with E-state index in [-0.39, 0.29) is 11.0 Å². The Morgan fingerprint density at radius 1 is 1.15 bits per heavy atom. The van der Waals surface area contributed by atoms with Gasteiger partial charge in [0.05, 0.1) is 12.8 Å². The van der Waals surface area contributed by atoms with Crippen LogP contribution in [0, 0.1) is 6.92 Å². The van der Waals surface area contributed by atoms with Gasteiger partial charge in [0.2, 0.25) is 0 Å². The van der Waals surface area contributed by atoms with Gasteiger partial charge in [-0.05, 0) is 55.0 Å². The number of rotatable bonds is 4. The third kappa shape index (κ3) is 4.25. The average Bonchev–Trinajstić information content (AvgIpc) is 3.10. The minimum Gasteiger partial charge on any atom is -0.497 e. The summed E-state index contributed by atoms with van der Waals surface area (Å²) in [5.41, 5.74) is 3.29. The smallest absolute Gasteiger partial charge is 0.257 e. The number of anilines is 1. The van der Waals surface area contributed by atoms with E-state index < -0.39 is 0 Å². The monoisotopic (exact) mass is 383 g/mol. The number of aryl methyl sites for hydroxylation is 1. The molecule has 1 heterocycles. The molecule has 2 aromatic carbocycles. The number of benzene rings is 2. The lowest BCUT2D eigenvalue weighted by atomic mass is 10.1. The maximum Gasteiger partial charge on any atom is 0.257 e. The van der Waals surface area contributed by atoms with Crippen LogP contribution in [0.1, 0.15) is 15.9 Å². The highest BCUT2D eigenvalue weighted by atomic mass is 32.1. The lowest BCUT2D eigenvalue weighted by Crippen LogP contribution is -2.34. The maximum atomic E-state index is 12.3. The predicted octanol–water partition coefficient (Wildman–Crippen LogP) is 4.25. The molecular weight excluding hydrogens is 366 g/mol. The summed E-state index contributed by atoms with van der Waals surface area (Å²) in [5.74, 6) is 0.551. The fraction of sp³-hybridized carbons (Fsp3) is 0.105. The van der Waals surface area contributed by atoms with Crippen molar-refractivity contribution in [2.24, 2.45) is 0 Å². The second-order valence-electron chi connectivity index (χ2n) is 5.49. The summed E-state index contributed by atoms with van der Waals surface area (Å²) in [4.78, 5) is 16.8. The molecule has 0 bridgehead atoms. The first-order valence-corrected chi connectivity index (χ1v) is 9.13. The van der Waals surface area contributed by atoms with E-state index in [2.05, 4.69) is 15.6 Å². The van der Waals surface area contributed by atoms with Crippen LogP contribution in [0.25, 0.3) is 11.3 Å². The quantitative estimate of drug-likeness (QED) is 0.660. The van der Waals surface area contributed by atoms with E-state index in [9.17, 15) is 4.79 Å². The van der Waals surface area contributed by atoms with Gasteiger partial charge in [0, 0.05) is 16.5 Å². The zero-order chi connectivity index (χ0) is 18.5. The molecule has 0 saturated heterocycles. The second kappa shape index (κ2) is 8.07. The number of thiocarbonyl (C=S) groups is 1. The third-order valence-electron chi connectivity index (χ3n) is 3.73. The first kappa shape index (κ1) is 18.0. The van der Waals surface area contributed by atoms with Gasteiger partial charge in [-0.3, -0.25) is 10.1 Å². The van der Waals surface area contributed by atoms with Crippen molar-refractivity contribution in [3.05, 3.63) is 65.0 Å². The summed E-state index contributed by atoms with van der Waals surface area (Å²) in [6.45, 7) is 1.88. The molecule has 0 aliphatic heterocycles. The molecule has 0 fully saturated rings. The number of methoxy groups -OCH3 is 1. The molecule has 0 aliphatic rings. The molecule has 3 rings (SSSR count). The first-order valence-electron chi connectivity index (χ1n) is 7.85. The van der Waals surface area contributed by atoms with E-state index in [4.69, 9.17) is 17.0 Å². The summed E-state index contributed by atoms with van der Waals surface area (Å²) in [6.07, 6.45) is 0. The Morgan fingerprint density at radius 2 is 1.88 bits per heavy atom. The predicted molar refractivity (Wildman–Crippen MR) is 109 cm³/mol. The molecule has 0 atom stereocenters. The molecule has 3 aromatic rings. The van der Waals surface area contributed by atoms with E-state index in [1.54, 1.807) is 13.2 Å². The number of carbonyl (C=O) groups is 1. The maximum absolute atomic E-state index is 12.3. The minimum absolute atomic E-state index is 0.217. The van der Waals surface area contributed by atoms with Crippen molar-refractivity contribution >= 4 is 39.7 Å². The molecule has 2 N–H and O–H groups in total. The number of ether oxygens (including phenoxy) is 1. The molecule has 7 heteroatoms. The van der Waals surface area contributed by atoms with Gasteiger partial charge in [-0.2, -0.15) is 0 Å². The molecule has 0 radical (unpaired) electrons. The van der Waals surface area contributed by atoms with Gasteiger partial charge >= 0.3 is 0 Å². The van der Waals surface area contributed by atoms with E-state index in [1.165, 1.54) is 11.3 Å². The van der Waals surface area contributed by atoms with Gasteiger partial charge in [-0.1, -0.05) is 18.2 Å². The number of carbonyl (C=O) groups excluding carboxylic acids is 1. The standard InChI is InChI=1S/C19H17N3O2S2/c1-12-5-3-4-6-15(12)17(23)21-18(25)22-19-20-16(11-26-19)13-7-9-14(24-2)10-8-13/h3-11H,1-2H3,(H2,20,21,22,23,25). The SMILES string of the molecule is COc1ccc(-c2csc(NC(=S)NC(=O)c3ccccc3C)n2)cc1. The zero-order valence-electron chi connectivity index (χ0n) is 14.3. The Labute approximate surface area is 161 Å². The Hall–Kier alpha value is -2.77.